The Bertz CT molecular complexity index is 665. The maximum absolute atomic E-state index is 13.2. The van der Waals surface area contributed by atoms with Gasteiger partial charge < -0.3 is 19.3 Å². The molecule has 1 amide bonds. The van der Waals surface area contributed by atoms with E-state index in [0.717, 1.165) is 69.5 Å². The molecule has 4 rings (SSSR count). The molecule has 5 nitrogen and oxygen atoms in total. The van der Waals surface area contributed by atoms with E-state index >= 15 is 0 Å². The Morgan fingerprint density at radius 1 is 1.26 bits per heavy atom. The van der Waals surface area contributed by atoms with E-state index in [9.17, 15) is 4.79 Å². The monoisotopic (exact) mass is 372 g/mol. The molecule has 0 radical (unpaired) electrons. The van der Waals surface area contributed by atoms with Crippen molar-refractivity contribution in [1.29, 1.82) is 0 Å². The lowest BCUT2D eigenvalue weighted by Crippen LogP contribution is -2.39. The molecule has 3 aliphatic rings. The molecule has 1 aliphatic carbocycles. The summed E-state index contributed by atoms with van der Waals surface area (Å²) in [4.78, 5) is 17.3. The molecule has 2 aliphatic heterocycles. The third kappa shape index (κ3) is 4.14. The highest BCUT2D eigenvalue weighted by molar-refractivity contribution is 5.95. The maximum atomic E-state index is 13.2. The molecule has 1 unspecified atom stereocenters. The first-order valence-corrected chi connectivity index (χ1v) is 10.3. The zero-order valence-electron chi connectivity index (χ0n) is 16.7. The van der Waals surface area contributed by atoms with Gasteiger partial charge in [-0.15, -0.1) is 0 Å². The second-order valence-electron chi connectivity index (χ2n) is 8.78. The van der Waals surface area contributed by atoms with Crippen LogP contribution in [0.3, 0.4) is 0 Å². The molecule has 148 valence electrons. The van der Waals surface area contributed by atoms with Crippen LogP contribution >= 0.6 is 0 Å². The lowest BCUT2D eigenvalue weighted by atomic mass is 9.72. The minimum Gasteiger partial charge on any atom is -0.381 e. The number of anilines is 1. The van der Waals surface area contributed by atoms with Gasteiger partial charge in [0.25, 0.3) is 5.91 Å². The van der Waals surface area contributed by atoms with E-state index in [-0.39, 0.29) is 11.3 Å². The number of hydrogen-bond acceptors (Lipinski definition) is 4. The quantitative estimate of drug-likeness (QED) is 0.770. The molecule has 2 saturated heterocycles. The number of carbonyl (C=O) groups is 1. The van der Waals surface area contributed by atoms with Crippen LogP contribution in [0.2, 0.25) is 0 Å². The zero-order valence-corrected chi connectivity index (χ0v) is 16.7. The number of benzene rings is 1. The fourth-order valence-corrected chi connectivity index (χ4v) is 4.52. The Hall–Kier alpha value is -1.59. The molecule has 5 heteroatoms. The summed E-state index contributed by atoms with van der Waals surface area (Å²) in [5.41, 5.74) is 2.00. The normalized spacial score (nSPS) is 24.4. The molecule has 0 N–H and O–H groups in total. The number of nitrogens with zero attached hydrogens (tertiary/aromatic N) is 2. The van der Waals surface area contributed by atoms with Crippen LogP contribution < -0.4 is 4.90 Å². The number of hydrogen-bond donors (Lipinski definition) is 0. The van der Waals surface area contributed by atoms with E-state index in [1.165, 1.54) is 12.8 Å². The Balaban J connectivity index is 1.47. The summed E-state index contributed by atoms with van der Waals surface area (Å²) in [6.45, 7) is 4.91. The van der Waals surface area contributed by atoms with E-state index < -0.39 is 0 Å². The van der Waals surface area contributed by atoms with Gasteiger partial charge >= 0.3 is 0 Å². The standard InChI is InChI=1S/C22H32N2O3/c1-23(2)20-5-3-4-18(12-20)21(25)24-13-19(15-27-14-17-6-7-17)22(16-24)8-10-26-11-9-22/h3-5,12,17,19H,6-11,13-16H2,1-2H3. The van der Waals surface area contributed by atoms with Gasteiger partial charge in [0.2, 0.25) is 0 Å². The number of carbonyl (C=O) groups excluding carboxylic acids is 1. The van der Waals surface area contributed by atoms with E-state index in [1.807, 2.05) is 43.3 Å². The number of rotatable bonds is 6. The molecule has 0 bridgehead atoms. The Kier molecular flexibility index (Phi) is 5.42. The Morgan fingerprint density at radius 2 is 2.04 bits per heavy atom. The summed E-state index contributed by atoms with van der Waals surface area (Å²) in [6, 6.07) is 7.94. The van der Waals surface area contributed by atoms with Gasteiger partial charge in [0.05, 0.1) is 6.61 Å². The predicted octanol–water partition coefficient (Wildman–Crippen LogP) is 3.05. The molecule has 3 fully saturated rings. The minimum atomic E-state index is 0.147. The summed E-state index contributed by atoms with van der Waals surface area (Å²) in [5.74, 6) is 1.35. The van der Waals surface area contributed by atoms with Crippen LogP contribution in [-0.4, -0.2) is 64.4 Å². The van der Waals surface area contributed by atoms with Crippen molar-refractivity contribution < 1.29 is 14.3 Å². The van der Waals surface area contributed by atoms with Gasteiger partial charge in [-0.1, -0.05) is 6.07 Å². The average molecular weight is 373 g/mol. The summed E-state index contributed by atoms with van der Waals surface area (Å²) in [7, 11) is 4.01. The van der Waals surface area contributed by atoms with Gasteiger partial charge in [-0.05, 0) is 55.2 Å². The summed E-state index contributed by atoms with van der Waals surface area (Å²) in [5, 5.41) is 0. The topological polar surface area (TPSA) is 42.0 Å². The van der Waals surface area contributed by atoms with Gasteiger partial charge in [0.1, 0.15) is 0 Å². The molecular weight excluding hydrogens is 340 g/mol. The summed E-state index contributed by atoms with van der Waals surface area (Å²) < 4.78 is 11.7. The molecular formula is C22H32N2O3. The fourth-order valence-electron chi connectivity index (χ4n) is 4.52. The van der Waals surface area contributed by atoms with Crippen molar-refractivity contribution in [3.63, 3.8) is 0 Å². The van der Waals surface area contributed by atoms with E-state index in [1.54, 1.807) is 0 Å². The SMILES string of the molecule is CN(C)c1cccc(C(=O)N2CC(COCC3CC3)C3(CCOCC3)C2)c1. The van der Waals surface area contributed by atoms with Crippen LogP contribution in [0, 0.1) is 17.3 Å². The molecule has 1 aromatic carbocycles. The summed E-state index contributed by atoms with van der Waals surface area (Å²) >= 11 is 0. The first kappa shape index (κ1) is 18.8. The van der Waals surface area contributed by atoms with Crippen molar-refractivity contribution >= 4 is 11.6 Å². The lowest BCUT2D eigenvalue weighted by Gasteiger charge is -2.37. The highest BCUT2D eigenvalue weighted by Crippen LogP contribution is 2.45. The van der Waals surface area contributed by atoms with Crippen molar-refractivity contribution in [3.05, 3.63) is 29.8 Å². The minimum absolute atomic E-state index is 0.147. The van der Waals surface area contributed by atoms with Crippen molar-refractivity contribution in [2.24, 2.45) is 17.3 Å². The third-order valence-electron chi connectivity index (χ3n) is 6.57. The lowest BCUT2D eigenvalue weighted by molar-refractivity contribution is -0.0245. The predicted molar refractivity (Wildman–Crippen MR) is 106 cm³/mol. The maximum Gasteiger partial charge on any atom is 0.253 e. The van der Waals surface area contributed by atoms with E-state index in [4.69, 9.17) is 9.47 Å². The molecule has 1 saturated carbocycles. The fraction of sp³-hybridized carbons (Fsp3) is 0.682. The molecule has 0 aromatic heterocycles. The second-order valence-corrected chi connectivity index (χ2v) is 8.78. The highest BCUT2D eigenvalue weighted by atomic mass is 16.5. The van der Waals surface area contributed by atoms with Crippen LogP contribution in [0.5, 0.6) is 0 Å². The highest BCUT2D eigenvalue weighted by Gasteiger charge is 2.48. The van der Waals surface area contributed by atoms with Crippen molar-refractivity contribution in [3.8, 4) is 0 Å². The number of amides is 1. The zero-order chi connectivity index (χ0) is 18.9. The molecule has 2 heterocycles. The first-order valence-electron chi connectivity index (χ1n) is 10.3. The average Bonchev–Trinajstić information content (AvgIpc) is 3.45. The summed E-state index contributed by atoms with van der Waals surface area (Å²) in [6.07, 6.45) is 4.70. The van der Waals surface area contributed by atoms with Crippen LogP contribution in [0.4, 0.5) is 5.69 Å². The van der Waals surface area contributed by atoms with E-state index in [0.29, 0.717) is 5.92 Å². The van der Waals surface area contributed by atoms with Crippen molar-refractivity contribution in [2.45, 2.75) is 25.7 Å². The smallest absolute Gasteiger partial charge is 0.253 e. The number of ether oxygens (including phenoxy) is 2. The third-order valence-corrected chi connectivity index (χ3v) is 6.57. The van der Waals surface area contributed by atoms with Gasteiger partial charge in [0, 0.05) is 64.2 Å². The first-order chi connectivity index (χ1) is 13.1. The molecule has 1 spiro atoms. The molecule has 1 aromatic rings. The van der Waals surface area contributed by atoms with Crippen LogP contribution in [0.1, 0.15) is 36.0 Å². The van der Waals surface area contributed by atoms with Gasteiger partial charge in [0.15, 0.2) is 0 Å². The molecule has 27 heavy (non-hydrogen) atoms. The number of likely N-dealkylation sites (tertiary alicyclic amines) is 1. The van der Waals surface area contributed by atoms with Gasteiger partial charge in [-0.3, -0.25) is 4.79 Å². The van der Waals surface area contributed by atoms with Crippen molar-refractivity contribution in [1.82, 2.24) is 4.90 Å². The van der Waals surface area contributed by atoms with Crippen LogP contribution in [-0.2, 0) is 9.47 Å². The van der Waals surface area contributed by atoms with Crippen LogP contribution in [0.25, 0.3) is 0 Å². The largest absolute Gasteiger partial charge is 0.381 e. The van der Waals surface area contributed by atoms with Crippen LogP contribution in [0.15, 0.2) is 24.3 Å². The Labute approximate surface area is 162 Å². The Morgan fingerprint density at radius 3 is 2.74 bits per heavy atom. The van der Waals surface area contributed by atoms with Gasteiger partial charge in [-0.25, -0.2) is 0 Å². The van der Waals surface area contributed by atoms with Crippen molar-refractivity contribution in [2.75, 3.05) is 58.5 Å². The molecule has 1 atom stereocenters. The van der Waals surface area contributed by atoms with E-state index in [2.05, 4.69) is 4.90 Å². The second kappa shape index (κ2) is 7.80. The van der Waals surface area contributed by atoms with Gasteiger partial charge in [-0.2, -0.15) is 0 Å².